The van der Waals surface area contributed by atoms with Gasteiger partial charge in [0.1, 0.15) is 5.75 Å². The predicted molar refractivity (Wildman–Crippen MR) is 159 cm³/mol. The van der Waals surface area contributed by atoms with E-state index in [-0.39, 0.29) is 35.4 Å². The summed E-state index contributed by atoms with van der Waals surface area (Å²) in [5, 5.41) is 2.21. The molecular formula is C34H42N2O4. The SMILES string of the molecule is COC1C[C@H](N(CC(C)C)C(=O)c2ccc3ccccc3c2)C[C@]2(c3cccc(OC(C)=O)c3)CCN(C)C[C@@H]12. The number of rotatable bonds is 7. The number of methoxy groups -OCH3 is 1. The minimum Gasteiger partial charge on any atom is -0.427 e. The van der Waals surface area contributed by atoms with E-state index in [0.717, 1.165) is 48.7 Å². The Bertz CT molecular complexity index is 1370. The van der Waals surface area contributed by atoms with Crippen LogP contribution in [-0.2, 0) is 14.9 Å². The predicted octanol–water partition coefficient (Wildman–Crippen LogP) is 5.93. The van der Waals surface area contributed by atoms with Crippen LogP contribution in [-0.4, -0.2) is 67.6 Å². The van der Waals surface area contributed by atoms with Crippen molar-refractivity contribution in [3.05, 3.63) is 77.9 Å². The normalized spacial score (nSPS) is 25.0. The lowest BCUT2D eigenvalue weighted by Gasteiger charge is -2.56. The average Bonchev–Trinajstić information content (AvgIpc) is 2.94. The third kappa shape index (κ3) is 5.65. The summed E-state index contributed by atoms with van der Waals surface area (Å²) in [6.45, 7) is 8.35. The van der Waals surface area contributed by atoms with Crippen LogP contribution in [0, 0.1) is 11.8 Å². The average molecular weight is 543 g/mol. The van der Waals surface area contributed by atoms with Crippen LogP contribution >= 0.6 is 0 Å². The number of hydrogen-bond acceptors (Lipinski definition) is 5. The molecule has 0 bridgehead atoms. The molecule has 1 amide bonds. The van der Waals surface area contributed by atoms with E-state index < -0.39 is 0 Å². The van der Waals surface area contributed by atoms with Gasteiger partial charge in [-0.3, -0.25) is 9.59 Å². The molecule has 1 unspecified atom stereocenters. The number of ether oxygens (including phenoxy) is 2. The van der Waals surface area contributed by atoms with E-state index in [1.165, 1.54) is 12.5 Å². The first-order valence-electron chi connectivity index (χ1n) is 14.5. The van der Waals surface area contributed by atoms with Crippen LogP contribution in [0.25, 0.3) is 10.8 Å². The number of amides is 1. The van der Waals surface area contributed by atoms with Crippen LogP contribution in [0.2, 0.25) is 0 Å². The summed E-state index contributed by atoms with van der Waals surface area (Å²) in [6, 6.07) is 22.3. The molecule has 5 rings (SSSR count). The number of carbonyl (C=O) groups excluding carboxylic acids is 2. The molecular weight excluding hydrogens is 500 g/mol. The van der Waals surface area contributed by atoms with Crippen LogP contribution < -0.4 is 4.74 Å². The molecule has 40 heavy (non-hydrogen) atoms. The maximum Gasteiger partial charge on any atom is 0.308 e. The summed E-state index contributed by atoms with van der Waals surface area (Å²) in [5.41, 5.74) is 1.69. The monoisotopic (exact) mass is 542 g/mol. The summed E-state index contributed by atoms with van der Waals surface area (Å²) < 4.78 is 11.7. The Hall–Kier alpha value is -3.22. The van der Waals surface area contributed by atoms with Gasteiger partial charge in [-0.15, -0.1) is 0 Å². The Kier molecular flexibility index (Phi) is 8.29. The van der Waals surface area contributed by atoms with Crippen molar-refractivity contribution in [2.75, 3.05) is 33.8 Å². The molecule has 1 aliphatic heterocycles. The summed E-state index contributed by atoms with van der Waals surface area (Å²) in [5.74, 6) is 0.907. The van der Waals surface area contributed by atoms with Crippen molar-refractivity contribution < 1.29 is 19.1 Å². The number of benzene rings is 3. The van der Waals surface area contributed by atoms with Crippen LogP contribution in [0.3, 0.4) is 0 Å². The zero-order chi connectivity index (χ0) is 28.4. The zero-order valence-corrected chi connectivity index (χ0v) is 24.4. The van der Waals surface area contributed by atoms with Crippen molar-refractivity contribution in [3.63, 3.8) is 0 Å². The minimum absolute atomic E-state index is 0.00190. The Morgan fingerprint density at radius 1 is 1.05 bits per heavy atom. The molecule has 6 nitrogen and oxygen atoms in total. The Morgan fingerprint density at radius 2 is 1.82 bits per heavy atom. The number of carbonyl (C=O) groups is 2. The fraction of sp³-hybridized carbons (Fsp3) is 0.471. The molecule has 212 valence electrons. The highest BCUT2D eigenvalue weighted by Crippen LogP contribution is 2.51. The van der Waals surface area contributed by atoms with E-state index in [0.29, 0.717) is 18.2 Å². The van der Waals surface area contributed by atoms with Crippen molar-refractivity contribution in [2.45, 2.75) is 57.6 Å². The Labute approximate surface area is 238 Å². The molecule has 0 N–H and O–H groups in total. The van der Waals surface area contributed by atoms with Crippen molar-refractivity contribution in [3.8, 4) is 5.75 Å². The first-order valence-corrected chi connectivity index (χ1v) is 14.5. The molecule has 1 aliphatic carbocycles. The fourth-order valence-electron chi connectivity index (χ4n) is 7.13. The van der Waals surface area contributed by atoms with Gasteiger partial charge in [0.05, 0.1) is 6.10 Å². The van der Waals surface area contributed by atoms with Gasteiger partial charge in [-0.1, -0.05) is 56.3 Å². The van der Waals surface area contributed by atoms with Crippen LogP contribution in [0.4, 0.5) is 0 Å². The number of esters is 1. The van der Waals surface area contributed by atoms with Gasteiger partial charge in [0, 0.05) is 50.1 Å². The van der Waals surface area contributed by atoms with Crippen LogP contribution in [0.15, 0.2) is 66.7 Å². The van der Waals surface area contributed by atoms with Crippen molar-refractivity contribution >= 4 is 22.6 Å². The summed E-state index contributed by atoms with van der Waals surface area (Å²) >= 11 is 0. The molecule has 0 spiro atoms. The first kappa shape index (κ1) is 28.3. The molecule has 1 saturated heterocycles. The van der Waals surface area contributed by atoms with Crippen molar-refractivity contribution in [1.82, 2.24) is 9.80 Å². The fourth-order valence-corrected chi connectivity index (χ4v) is 7.13. The van der Waals surface area contributed by atoms with E-state index >= 15 is 0 Å². The number of piperidine rings is 1. The molecule has 6 heteroatoms. The summed E-state index contributed by atoms with van der Waals surface area (Å²) in [4.78, 5) is 30.5. The second-order valence-corrected chi connectivity index (χ2v) is 12.2. The van der Waals surface area contributed by atoms with Crippen molar-refractivity contribution in [1.29, 1.82) is 0 Å². The third-order valence-electron chi connectivity index (χ3n) is 8.94. The molecule has 3 aromatic rings. The van der Waals surface area contributed by atoms with E-state index in [1.54, 1.807) is 7.11 Å². The molecule has 2 aliphatic rings. The molecule has 1 heterocycles. The highest BCUT2D eigenvalue weighted by Gasteiger charge is 2.53. The molecule has 1 saturated carbocycles. The van der Waals surface area contributed by atoms with Gasteiger partial charge in [0.15, 0.2) is 0 Å². The maximum atomic E-state index is 14.3. The van der Waals surface area contributed by atoms with Gasteiger partial charge < -0.3 is 19.3 Å². The van der Waals surface area contributed by atoms with Crippen LogP contribution in [0.1, 0.15) is 56.0 Å². The standard InChI is InChI=1S/C34H42N2O4/c1-23(2)21-36(33(38)27-14-13-25-9-6-7-10-26(25)17-27)29-19-32(39-5)31-22-35(4)16-15-34(31,20-29)28-11-8-12-30(18-28)40-24(3)37/h6-14,17-18,23,29,31-32H,15-16,19-22H2,1-5H3/t29-,31-,32?,34-/m0/s1. The summed E-state index contributed by atoms with van der Waals surface area (Å²) in [7, 11) is 3.98. The lowest BCUT2D eigenvalue weighted by Crippen LogP contribution is -2.61. The topological polar surface area (TPSA) is 59.1 Å². The molecule has 2 fully saturated rings. The zero-order valence-electron chi connectivity index (χ0n) is 24.4. The van der Waals surface area contributed by atoms with E-state index in [2.05, 4.69) is 48.9 Å². The lowest BCUT2D eigenvalue weighted by molar-refractivity contribution is -0.131. The molecule has 4 atom stereocenters. The van der Waals surface area contributed by atoms with Gasteiger partial charge in [-0.2, -0.15) is 0 Å². The van der Waals surface area contributed by atoms with Gasteiger partial charge in [0.25, 0.3) is 5.91 Å². The van der Waals surface area contributed by atoms with Gasteiger partial charge in [-0.25, -0.2) is 0 Å². The number of nitrogens with zero attached hydrogens (tertiary/aromatic N) is 2. The lowest BCUT2D eigenvalue weighted by atomic mass is 9.56. The second-order valence-electron chi connectivity index (χ2n) is 12.2. The number of fused-ring (bicyclic) bond motifs is 2. The Morgan fingerprint density at radius 3 is 2.55 bits per heavy atom. The van der Waals surface area contributed by atoms with Gasteiger partial charge >= 0.3 is 5.97 Å². The van der Waals surface area contributed by atoms with Gasteiger partial charge in [-0.05, 0) is 79.4 Å². The van der Waals surface area contributed by atoms with E-state index in [1.807, 2.05) is 48.5 Å². The highest BCUT2D eigenvalue weighted by atomic mass is 16.5. The molecule has 3 aromatic carbocycles. The smallest absolute Gasteiger partial charge is 0.308 e. The maximum absolute atomic E-state index is 14.3. The number of hydrogen-bond donors (Lipinski definition) is 0. The Balaban J connectivity index is 1.56. The molecule has 0 aromatic heterocycles. The molecule has 0 radical (unpaired) electrons. The minimum atomic E-state index is -0.324. The summed E-state index contributed by atoms with van der Waals surface area (Å²) in [6.07, 6.45) is 2.60. The number of likely N-dealkylation sites (tertiary alicyclic amines) is 1. The van der Waals surface area contributed by atoms with Crippen LogP contribution in [0.5, 0.6) is 5.75 Å². The van der Waals surface area contributed by atoms with E-state index in [4.69, 9.17) is 9.47 Å². The highest BCUT2D eigenvalue weighted by molar-refractivity contribution is 5.98. The third-order valence-corrected chi connectivity index (χ3v) is 8.94. The largest absolute Gasteiger partial charge is 0.427 e. The van der Waals surface area contributed by atoms with Crippen molar-refractivity contribution in [2.24, 2.45) is 11.8 Å². The quantitative estimate of drug-likeness (QED) is 0.274. The van der Waals surface area contributed by atoms with E-state index in [9.17, 15) is 9.59 Å². The first-order chi connectivity index (χ1) is 19.2. The second kappa shape index (κ2) is 11.7. The van der Waals surface area contributed by atoms with Gasteiger partial charge in [0.2, 0.25) is 0 Å².